The summed E-state index contributed by atoms with van der Waals surface area (Å²) in [5.74, 6) is -1.51. The lowest BCUT2D eigenvalue weighted by atomic mass is 9.84. The van der Waals surface area contributed by atoms with Gasteiger partial charge in [-0.1, -0.05) is 101 Å². The summed E-state index contributed by atoms with van der Waals surface area (Å²) in [5.41, 5.74) is 9.10. The monoisotopic (exact) mass is 738 g/mol. The summed E-state index contributed by atoms with van der Waals surface area (Å²) in [6.07, 6.45) is 0. The quantitative estimate of drug-likeness (QED) is 0.0917. The smallest absolute Gasteiger partial charge is 0.313 e. The van der Waals surface area contributed by atoms with Gasteiger partial charge in [0.1, 0.15) is 24.7 Å². The van der Waals surface area contributed by atoms with Gasteiger partial charge < -0.3 is 29.2 Å². The van der Waals surface area contributed by atoms with Gasteiger partial charge in [0.05, 0.1) is 38.3 Å². The van der Waals surface area contributed by atoms with Gasteiger partial charge in [-0.3, -0.25) is 9.59 Å². The van der Waals surface area contributed by atoms with Crippen LogP contribution in [0.2, 0.25) is 0 Å². The van der Waals surface area contributed by atoms with Crippen molar-refractivity contribution in [2.24, 2.45) is 0 Å². The van der Waals surface area contributed by atoms with Crippen molar-refractivity contribution in [2.75, 3.05) is 39.6 Å². The van der Waals surface area contributed by atoms with Gasteiger partial charge in [0.15, 0.2) is 0 Å². The number of rotatable bonds is 15. The average Bonchev–Trinajstić information content (AvgIpc) is 3.10. The van der Waals surface area contributed by atoms with Crippen LogP contribution >= 0.6 is 0 Å². The summed E-state index contributed by atoms with van der Waals surface area (Å²) in [6, 6.07) is 23.0. The molecule has 0 amide bonds. The molecule has 8 heteroatoms. The fourth-order valence-electron chi connectivity index (χ4n) is 6.10. The van der Waals surface area contributed by atoms with Crippen molar-refractivity contribution < 1.29 is 38.7 Å². The Morgan fingerprint density at radius 3 is 1.24 bits per heavy atom. The van der Waals surface area contributed by atoms with Crippen LogP contribution in [0.25, 0.3) is 22.3 Å². The third-order valence-corrected chi connectivity index (χ3v) is 9.57. The standard InChI is InChI=1S/C46H58O8/c1-29-21-35(25-37(23-29)45(5,6)7)39-27-33(11-13-41(39)47)31(3)43(49)53-19-17-51-15-16-52-18-20-54-44(50)32(4)34-12-14-42(48)40(28-34)36-22-30(2)24-38(26-36)46(8,9)10/h11-14,21-28,31-32,47-48H,15-20H2,1-10H3. The van der Waals surface area contributed by atoms with Crippen LogP contribution in [0.4, 0.5) is 0 Å². The predicted octanol–water partition coefficient (Wildman–Crippen LogP) is 9.67. The summed E-state index contributed by atoms with van der Waals surface area (Å²) >= 11 is 0. The lowest BCUT2D eigenvalue weighted by Gasteiger charge is -2.21. The van der Waals surface area contributed by atoms with Crippen molar-refractivity contribution in [1.29, 1.82) is 0 Å². The van der Waals surface area contributed by atoms with E-state index in [4.69, 9.17) is 18.9 Å². The predicted molar refractivity (Wildman–Crippen MR) is 214 cm³/mol. The molecule has 2 N–H and O–H groups in total. The zero-order valence-electron chi connectivity index (χ0n) is 33.7. The van der Waals surface area contributed by atoms with Crippen LogP contribution in [0.15, 0.2) is 72.8 Å². The first kappa shape index (κ1) is 42.1. The van der Waals surface area contributed by atoms with Crippen molar-refractivity contribution in [3.63, 3.8) is 0 Å². The van der Waals surface area contributed by atoms with Crippen LogP contribution < -0.4 is 0 Å². The van der Waals surface area contributed by atoms with E-state index in [1.807, 2.05) is 38.1 Å². The number of esters is 2. The number of aryl methyl sites for hydroxylation is 2. The first-order valence-corrected chi connectivity index (χ1v) is 18.7. The molecule has 0 aliphatic rings. The highest BCUT2D eigenvalue weighted by molar-refractivity contribution is 5.81. The number of carbonyl (C=O) groups excluding carboxylic acids is 2. The Hall–Kier alpha value is -4.66. The summed E-state index contributed by atoms with van der Waals surface area (Å²) < 4.78 is 22.1. The number of hydrogen-bond donors (Lipinski definition) is 2. The highest BCUT2D eigenvalue weighted by atomic mass is 16.6. The molecule has 0 radical (unpaired) electrons. The van der Waals surface area contributed by atoms with Crippen molar-refractivity contribution in [3.8, 4) is 33.8 Å². The lowest BCUT2D eigenvalue weighted by Crippen LogP contribution is -2.18. The van der Waals surface area contributed by atoms with E-state index in [0.29, 0.717) is 11.1 Å². The number of phenolic OH excluding ortho intramolecular Hbond substituents is 2. The van der Waals surface area contributed by atoms with E-state index in [1.165, 1.54) is 11.1 Å². The van der Waals surface area contributed by atoms with Gasteiger partial charge in [-0.2, -0.15) is 0 Å². The number of hydrogen-bond acceptors (Lipinski definition) is 8. The molecular weight excluding hydrogens is 680 g/mol. The highest BCUT2D eigenvalue weighted by Gasteiger charge is 2.22. The molecule has 0 fully saturated rings. The molecule has 2 atom stereocenters. The van der Waals surface area contributed by atoms with Gasteiger partial charge in [-0.15, -0.1) is 0 Å². The largest absolute Gasteiger partial charge is 0.507 e. The minimum Gasteiger partial charge on any atom is -0.507 e. The molecule has 0 heterocycles. The van der Waals surface area contributed by atoms with Crippen molar-refractivity contribution in [3.05, 3.63) is 106 Å². The molecule has 4 aromatic rings. The second-order valence-corrected chi connectivity index (χ2v) is 16.2. The van der Waals surface area contributed by atoms with Gasteiger partial charge in [0.25, 0.3) is 0 Å². The molecule has 0 aliphatic heterocycles. The Balaban J connectivity index is 1.16. The van der Waals surface area contributed by atoms with E-state index in [1.54, 1.807) is 38.1 Å². The SMILES string of the molecule is Cc1cc(-c2cc(C(C)C(=O)OCCOCCOCCOC(=O)C(C)c3ccc(O)c(-c4cc(C)cc(C(C)(C)C)c4)c3)ccc2O)cc(C(C)(C)C)c1. The topological polar surface area (TPSA) is 112 Å². The van der Waals surface area contributed by atoms with Crippen molar-refractivity contribution in [1.82, 2.24) is 0 Å². The van der Waals surface area contributed by atoms with Crippen LogP contribution in [0.1, 0.15) is 101 Å². The molecule has 54 heavy (non-hydrogen) atoms. The van der Waals surface area contributed by atoms with Gasteiger partial charge in [-0.25, -0.2) is 0 Å². The molecule has 0 aliphatic carbocycles. The Morgan fingerprint density at radius 1 is 0.537 bits per heavy atom. The summed E-state index contributed by atoms with van der Waals surface area (Å²) in [7, 11) is 0. The van der Waals surface area contributed by atoms with Gasteiger partial charge in [0, 0.05) is 11.1 Å². The maximum absolute atomic E-state index is 12.9. The molecule has 0 aromatic heterocycles. The van der Waals surface area contributed by atoms with Crippen LogP contribution in [0.3, 0.4) is 0 Å². The van der Waals surface area contributed by atoms with E-state index in [-0.39, 0.29) is 73.9 Å². The van der Waals surface area contributed by atoms with E-state index in [2.05, 4.69) is 65.8 Å². The molecule has 8 nitrogen and oxygen atoms in total. The van der Waals surface area contributed by atoms with Gasteiger partial charge in [0.2, 0.25) is 0 Å². The van der Waals surface area contributed by atoms with Crippen LogP contribution in [0.5, 0.6) is 11.5 Å². The number of carbonyl (C=O) groups is 2. The van der Waals surface area contributed by atoms with Crippen LogP contribution in [-0.2, 0) is 39.4 Å². The molecule has 0 bridgehead atoms. The Labute approximate surface area is 321 Å². The highest BCUT2D eigenvalue weighted by Crippen LogP contribution is 2.37. The zero-order valence-corrected chi connectivity index (χ0v) is 33.7. The molecule has 0 saturated carbocycles. The first-order chi connectivity index (χ1) is 25.3. The second kappa shape index (κ2) is 18.1. The Bertz CT molecular complexity index is 1770. The third kappa shape index (κ3) is 11.4. The van der Waals surface area contributed by atoms with Crippen molar-refractivity contribution in [2.45, 2.75) is 91.9 Å². The number of aromatic hydroxyl groups is 2. The van der Waals surface area contributed by atoms with E-state index in [9.17, 15) is 19.8 Å². The lowest BCUT2D eigenvalue weighted by molar-refractivity contribution is -0.148. The normalized spacial score (nSPS) is 13.0. The molecule has 0 saturated heterocycles. The molecule has 2 unspecified atom stereocenters. The molecule has 290 valence electrons. The van der Waals surface area contributed by atoms with E-state index < -0.39 is 11.8 Å². The maximum Gasteiger partial charge on any atom is 0.313 e. The number of benzene rings is 4. The van der Waals surface area contributed by atoms with Crippen LogP contribution in [0, 0.1) is 13.8 Å². The second-order valence-electron chi connectivity index (χ2n) is 16.2. The number of phenols is 2. The first-order valence-electron chi connectivity index (χ1n) is 18.7. The minimum atomic E-state index is -0.532. The third-order valence-electron chi connectivity index (χ3n) is 9.57. The molecule has 4 aromatic carbocycles. The van der Waals surface area contributed by atoms with Gasteiger partial charge in [-0.05, 0) is 96.2 Å². The van der Waals surface area contributed by atoms with Gasteiger partial charge >= 0.3 is 11.9 Å². The minimum absolute atomic E-state index is 0.0467. The fraction of sp³-hybridized carbons (Fsp3) is 0.435. The zero-order chi connectivity index (χ0) is 39.8. The molecule has 4 rings (SSSR count). The Kier molecular flexibility index (Phi) is 14.1. The average molecular weight is 739 g/mol. The summed E-state index contributed by atoms with van der Waals surface area (Å²) in [5, 5.41) is 21.4. The van der Waals surface area contributed by atoms with Crippen LogP contribution in [-0.4, -0.2) is 61.8 Å². The molecule has 0 spiro atoms. The fourth-order valence-corrected chi connectivity index (χ4v) is 6.10. The maximum atomic E-state index is 12.9. The number of ether oxygens (including phenoxy) is 4. The molecular formula is C46H58O8. The summed E-state index contributed by atoms with van der Waals surface area (Å²) in [6.45, 7) is 21.8. The summed E-state index contributed by atoms with van der Waals surface area (Å²) in [4.78, 5) is 25.7. The Morgan fingerprint density at radius 2 is 0.889 bits per heavy atom. The van der Waals surface area contributed by atoms with E-state index >= 15 is 0 Å². The van der Waals surface area contributed by atoms with E-state index in [0.717, 1.165) is 33.4 Å². The van der Waals surface area contributed by atoms with Crippen molar-refractivity contribution >= 4 is 11.9 Å².